The molecule has 2 unspecified atom stereocenters. The fourth-order valence-electron chi connectivity index (χ4n) is 0.612. The Hall–Kier alpha value is -0.120. The third-order valence-electron chi connectivity index (χ3n) is 1.38. The number of aliphatic hydroxyl groups is 3. The molecule has 2 atom stereocenters. The molecule has 0 aromatic carbocycles. The lowest BCUT2D eigenvalue weighted by atomic mass is 9.97. The zero-order valence-corrected chi connectivity index (χ0v) is 6.70. The maximum Gasteiger partial charge on any atom is 0.0850 e. The summed E-state index contributed by atoms with van der Waals surface area (Å²) in [5.74, 6) is 0. The van der Waals surface area contributed by atoms with Crippen molar-refractivity contribution >= 4 is 0 Å². The van der Waals surface area contributed by atoms with Crippen molar-refractivity contribution in [1.82, 2.24) is 0 Å². The van der Waals surface area contributed by atoms with Gasteiger partial charge >= 0.3 is 0 Å². The number of hydrogen-bond acceptors (Lipinski definition) is 3. The van der Waals surface area contributed by atoms with Crippen LogP contribution in [0.3, 0.4) is 0 Å². The standard InChI is InChI=1S/C7H16O3/c1-5(8)4-6(9)7(2,3)10/h5-6,8-10H,4H2,1-3H3. The Bertz CT molecular complexity index is 93.5. The Labute approximate surface area is 61.3 Å². The molecular weight excluding hydrogens is 132 g/mol. The molecule has 0 spiro atoms. The van der Waals surface area contributed by atoms with Gasteiger partial charge in [-0.2, -0.15) is 0 Å². The molecule has 0 aliphatic heterocycles. The van der Waals surface area contributed by atoms with Gasteiger partial charge in [0, 0.05) is 6.42 Å². The maximum absolute atomic E-state index is 9.17. The predicted molar refractivity (Wildman–Crippen MR) is 38.6 cm³/mol. The van der Waals surface area contributed by atoms with E-state index in [9.17, 15) is 5.11 Å². The molecule has 10 heavy (non-hydrogen) atoms. The van der Waals surface area contributed by atoms with Gasteiger partial charge in [-0.3, -0.25) is 0 Å². The highest BCUT2D eigenvalue weighted by atomic mass is 16.3. The average Bonchev–Trinajstić information content (AvgIpc) is 1.60. The highest BCUT2D eigenvalue weighted by Gasteiger charge is 2.25. The summed E-state index contributed by atoms with van der Waals surface area (Å²) in [5, 5.41) is 27.1. The summed E-state index contributed by atoms with van der Waals surface area (Å²) in [5.41, 5.74) is -1.11. The minimum atomic E-state index is -1.11. The SMILES string of the molecule is CC(O)CC(O)C(C)(C)O. The van der Waals surface area contributed by atoms with E-state index in [1.54, 1.807) is 6.92 Å². The van der Waals surface area contributed by atoms with E-state index >= 15 is 0 Å². The van der Waals surface area contributed by atoms with Crippen LogP contribution >= 0.6 is 0 Å². The first-order valence-corrected chi connectivity index (χ1v) is 3.42. The third-order valence-corrected chi connectivity index (χ3v) is 1.38. The van der Waals surface area contributed by atoms with Crippen molar-refractivity contribution in [3.8, 4) is 0 Å². The lowest BCUT2D eigenvalue weighted by Gasteiger charge is -2.25. The molecule has 0 amide bonds. The van der Waals surface area contributed by atoms with Crippen molar-refractivity contribution in [2.45, 2.75) is 45.0 Å². The molecule has 0 rings (SSSR count). The van der Waals surface area contributed by atoms with Gasteiger partial charge in [0.05, 0.1) is 17.8 Å². The van der Waals surface area contributed by atoms with Gasteiger partial charge in [0.15, 0.2) is 0 Å². The van der Waals surface area contributed by atoms with Gasteiger partial charge in [0.2, 0.25) is 0 Å². The lowest BCUT2D eigenvalue weighted by Crippen LogP contribution is -2.37. The van der Waals surface area contributed by atoms with Crippen LogP contribution < -0.4 is 0 Å². The largest absolute Gasteiger partial charge is 0.393 e. The van der Waals surface area contributed by atoms with Crippen molar-refractivity contribution in [2.24, 2.45) is 0 Å². The fraction of sp³-hybridized carbons (Fsp3) is 1.00. The van der Waals surface area contributed by atoms with E-state index in [4.69, 9.17) is 10.2 Å². The van der Waals surface area contributed by atoms with E-state index in [1.165, 1.54) is 13.8 Å². The summed E-state index contributed by atoms with van der Waals surface area (Å²) in [6, 6.07) is 0. The van der Waals surface area contributed by atoms with E-state index in [0.29, 0.717) is 0 Å². The Morgan fingerprint density at radius 3 is 1.80 bits per heavy atom. The molecule has 3 heteroatoms. The Morgan fingerprint density at radius 1 is 1.30 bits per heavy atom. The molecule has 0 aliphatic carbocycles. The zero-order valence-electron chi connectivity index (χ0n) is 6.70. The highest BCUT2D eigenvalue weighted by molar-refractivity contribution is 4.77. The van der Waals surface area contributed by atoms with Crippen LogP contribution in [0.25, 0.3) is 0 Å². The van der Waals surface area contributed by atoms with Crippen molar-refractivity contribution in [3.63, 3.8) is 0 Å². The van der Waals surface area contributed by atoms with Crippen LogP contribution in [0.4, 0.5) is 0 Å². The summed E-state index contributed by atoms with van der Waals surface area (Å²) in [6.45, 7) is 4.61. The monoisotopic (exact) mass is 148 g/mol. The first-order chi connectivity index (χ1) is 4.34. The van der Waals surface area contributed by atoms with E-state index < -0.39 is 17.8 Å². The Kier molecular flexibility index (Phi) is 3.28. The summed E-state index contributed by atoms with van der Waals surface area (Å²) in [4.78, 5) is 0. The molecule has 0 aliphatic rings. The molecular formula is C7H16O3. The van der Waals surface area contributed by atoms with Crippen molar-refractivity contribution in [2.75, 3.05) is 0 Å². The summed E-state index contributed by atoms with van der Waals surface area (Å²) in [7, 11) is 0. The molecule has 0 aromatic heterocycles. The molecule has 3 nitrogen and oxygen atoms in total. The molecule has 3 N–H and O–H groups in total. The Balaban J connectivity index is 3.73. The van der Waals surface area contributed by atoms with Gasteiger partial charge in [-0.05, 0) is 20.8 Å². The molecule has 0 heterocycles. The molecule has 0 fully saturated rings. The van der Waals surface area contributed by atoms with E-state index in [1.807, 2.05) is 0 Å². The van der Waals surface area contributed by atoms with Crippen molar-refractivity contribution < 1.29 is 15.3 Å². The molecule has 0 saturated carbocycles. The second kappa shape index (κ2) is 3.32. The summed E-state index contributed by atoms with van der Waals surface area (Å²) in [6.07, 6.45) is -1.21. The van der Waals surface area contributed by atoms with Gasteiger partial charge in [-0.25, -0.2) is 0 Å². The molecule has 0 aromatic rings. The second-order valence-electron chi connectivity index (χ2n) is 3.25. The van der Waals surface area contributed by atoms with Crippen molar-refractivity contribution in [1.29, 1.82) is 0 Å². The van der Waals surface area contributed by atoms with Crippen LogP contribution in [0.15, 0.2) is 0 Å². The van der Waals surface area contributed by atoms with Crippen LogP contribution in [-0.2, 0) is 0 Å². The fourth-order valence-corrected chi connectivity index (χ4v) is 0.612. The maximum atomic E-state index is 9.17. The van der Waals surface area contributed by atoms with Crippen LogP contribution in [0, 0.1) is 0 Å². The van der Waals surface area contributed by atoms with Gasteiger partial charge in [-0.1, -0.05) is 0 Å². The molecule has 0 radical (unpaired) electrons. The van der Waals surface area contributed by atoms with Crippen LogP contribution in [0.1, 0.15) is 27.2 Å². The number of aliphatic hydroxyl groups excluding tert-OH is 2. The smallest absolute Gasteiger partial charge is 0.0850 e. The first-order valence-electron chi connectivity index (χ1n) is 3.42. The first kappa shape index (κ1) is 9.88. The summed E-state index contributed by atoms with van der Waals surface area (Å²) >= 11 is 0. The Morgan fingerprint density at radius 2 is 1.70 bits per heavy atom. The van der Waals surface area contributed by atoms with Gasteiger partial charge in [-0.15, -0.1) is 0 Å². The quantitative estimate of drug-likeness (QED) is 0.523. The molecule has 62 valence electrons. The predicted octanol–water partition coefficient (Wildman–Crippen LogP) is -0.111. The normalized spacial score (nSPS) is 18.6. The number of hydrogen-bond donors (Lipinski definition) is 3. The molecule has 0 bridgehead atoms. The van der Waals surface area contributed by atoms with Gasteiger partial charge in [0.1, 0.15) is 0 Å². The van der Waals surface area contributed by atoms with Crippen LogP contribution in [0.5, 0.6) is 0 Å². The van der Waals surface area contributed by atoms with Crippen LogP contribution in [0.2, 0.25) is 0 Å². The minimum absolute atomic E-state index is 0.212. The second-order valence-corrected chi connectivity index (χ2v) is 3.25. The van der Waals surface area contributed by atoms with E-state index in [-0.39, 0.29) is 6.42 Å². The minimum Gasteiger partial charge on any atom is -0.393 e. The topological polar surface area (TPSA) is 60.7 Å². The van der Waals surface area contributed by atoms with Crippen LogP contribution in [-0.4, -0.2) is 33.1 Å². The van der Waals surface area contributed by atoms with Crippen molar-refractivity contribution in [3.05, 3.63) is 0 Å². The average molecular weight is 148 g/mol. The van der Waals surface area contributed by atoms with Gasteiger partial charge in [0.25, 0.3) is 0 Å². The van der Waals surface area contributed by atoms with E-state index in [0.717, 1.165) is 0 Å². The van der Waals surface area contributed by atoms with E-state index in [2.05, 4.69) is 0 Å². The number of rotatable bonds is 3. The zero-order chi connectivity index (χ0) is 8.36. The lowest BCUT2D eigenvalue weighted by molar-refractivity contribution is -0.0657. The highest BCUT2D eigenvalue weighted by Crippen LogP contribution is 2.12. The van der Waals surface area contributed by atoms with Gasteiger partial charge < -0.3 is 15.3 Å². The molecule has 0 saturated heterocycles. The summed E-state index contributed by atoms with van der Waals surface area (Å²) < 4.78 is 0. The third kappa shape index (κ3) is 3.82.